The molecule has 1 amide bonds. The molecule has 0 saturated carbocycles. The summed E-state index contributed by atoms with van der Waals surface area (Å²) in [7, 11) is 3.11. The number of hydrogen-bond donors (Lipinski definition) is 2. The summed E-state index contributed by atoms with van der Waals surface area (Å²) in [5.41, 5.74) is 1.93. The number of ether oxygens (including phenoxy) is 3. The minimum absolute atomic E-state index is 0.121. The van der Waals surface area contributed by atoms with E-state index in [1.807, 2.05) is 26.0 Å². The number of methoxy groups -OCH3 is 2. The maximum atomic E-state index is 14.2. The fourth-order valence-corrected chi connectivity index (χ4v) is 5.65. The first-order valence-corrected chi connectivity index (χ1v) is 14.3. The molecule has 0 aliphatic carbocycles. The SMILES string of the molecule is COc1cccc([C@H]2O[C@H](CCc3nc(C=CC(=O)O)cs3)C(=O)N(CC(C)(C)CO)c3ccc(Cl)cc32)c1OC. The molecule has 0 unspecified atom stereocenters. The number of anilines is 1. The summed E-state index contributed by atoms with van der Waals surface area (Å²) in [4.78, 5) is 31.2. The summed E-state index contributed by atoms with van der Waals surface area (Å²) in [5.74, 6) is -0.299. The third-order valence-corrected chi connectivity index (χ3v) is 7.88. The zero-order valence-electron chi connectivity index (χ0n) is 23.3. The minimum Gasteiger partial charge on any atom is -0.493 e. The Morgan fingerprint density at radius 2 is 2.00 bits per heavy atom. The molecule has 2 aromatic carbocycles. The van der Waals surface area contributed by atoms with Crippen molar-refractivity contribution in [1.82, 2.24) is 4.98 Å². The van der Waals surface area contributed by atoms with Crippen molar-refractivity contribution < 1.29 is 34.0 Å². The maximum absolute atomic E-state index is 14.2. The summed E-state index contributed by atoms with van der Waals surface area (Å²) in [5, 5.41) is 22.0. The molecule has 0 radical (unpaired) electrons. The molecule has 41 heavy (non-hydrogen) atoms. The molecule has 3 aromatic rings. The highest BCUT2D eigenvalue weighted by Gasteiger charge is 2.39. The van der Waals surface area contributed by atoms with E-state index < -0.39 is 23.6 Å². The van der Waals surface area contributed by atoms with Crippen LogP contribution < -0.4 is 14.4 Å². The number of benzene rings is 2. The molecular formula is C30H33ClN2O7S. The highest BCUT2D eigenvalue weighted by Crippen LogP contribution is 2.45. The Bertz CT molecular complexity index is 1440. The fraction of sp³-hybridized carbons (Fsp3) is 0.367. The molecule has 0 saturated heterocycles. The Kier molecular flexibility index (Phi) is 9.70. The lowest BCUT2D eigenvalue weighted by Crippen LogP contribution is -2.45. The molecule has 2 atom stereocenters. The zero-order chi connectivity index (χ0) is 29.7. The summed E-state index contributed by atoms with van der Waals surface area (Å²) in [6, 6.07) is 10.8. The number of thiazole rings is 1. The molecule has 0 spiro atoms. The molecule has 1 aliphatic heterocycles. The first kappa shape index (κ1) is 30.5. The van der Waals surface area contributed by atoms with Crippen molar-refractivity contribution in [2.45, 2.75) is 38.9 Å². The number of carboxylic acids is 1. The predicted octanol–water partition coefficient (Wildman–Crippen LogP) is 5.38. The van der Waals surface area contributed by atoms with E-state index in [2.05, 4.69) is 4.98 Å². The van der Waals surface area contributed by atoms with Gasteiger partial charge in [-0.1, -0.05) is 37.6 Å². The summed E-state index contributed by atoms with van der Waals surface area (Å²) in [6.45, 7) is 3.91. The van der Waals surface area contributed by atoms with Crippen LogP contribution in [-0.4, -0.2) is 60.5 Å². The van der Waals surface area contributed by atoms with Gasteiger partial charge in [-0.2, -0.15) is 0 Å². The van der Waals surface area contributed by atoms with Crippen LogP contribution in [0.4, 0.5) is 5.69 Å². The van der Waals surface area contributed by atoms with Gasteiger partial charge in [0.25, 0.3) is 5.91 Å². The van der Waals surface area contributed by atoms with Crippen LogP contribution in [0.2, 0.25) is 5.02 Å². The van der Waals surface area contributed by atoms with Gasteiger partial charge in [-0.05, 0) is 36.8 Å². The Balaban J connectivity index is 1.78. The van der Waals surface area contributed by atoms with E-state index in [1.165, 1.54) is 17.4 Å². The van der Waals surface area contributed by atoms with Gasteiger partial charge in [0, 0.05) is 58.3 Å². The lowest BCUT2D eigenvalue weighted by atomic mass is 9.92. The van der Waals surface area contributed by atoms with Crippen molar-refractivity contribution in [2.24, 2.45) is 5.41 Å². The smallest absolute Gasteiger partial charge is 0.328 e. The minimum atomic E-state index is -1.05. The largest absolute Gasteiger partial charge is 0.493 e. The van der Waals surface area contributed by atoms with Crippen LogP contribution in [0.15, 0.2) is 47.9 Å². The Labute approximate surface area is 247 Å². The number of aliphatic hydroxyl groups excluding tert-OH is 1. The van der Waals surface area contributed by atoms with Gasteiger partial charge < -0.3 is 29.3 Å². The number of carboxylic acid groups (broad SMARTS) is 1. The molecule has 4 rings (SSSR count). The Morgan fingerprint density at radius 1 is 1.22 bits per heavy atom. The van der Waals surface area contributed by atoms with Gasteiger partial charge >= 0.3 is 5.97 Å². The van der Waals surface area contributed by atoms with Gasteiger partial charge in [-0.15, -0.1) is 11.3 Å². The monoisotopic (exact) mass is 600 g/mol. The number of carbonyl (C=O) groups excluding carboxylic acids is 1. The number of aryl methyl sites for hydroxylation is 1. The molecule has 2 N–H and O–H groups in total. The molecule has 0 fully saturated rings. The second kappa shape index (κ2) is 13.0. The van der Waals surface area contributed by atoms with Crippen molar-refractivity contribution >= 4 is 46.6 Å². The average molecular weight is 601 g/mol. The third-order valence-electron chi connectivity index (χ3n) is 6.72. The van der Waals surface area contributed by atoms with E-state index in [4.69, 9.17) is 30.9 Å². The van der Waals surface area contributed by atoms with Gasteiger partial charge in [0.1, 0.15) is 12.2 Å². The number of fused-ring (bicyclic) bond motifs is 1. The van der Waals surface area contributed by atoms with Crippen LogP contribution in [-0.2, 0) is 20.7 Å². The highest BCUT2D eigenvalue weighted by molar-refractivity contribution is 7.09. The maximum Gasteiger partial charge on any atom is 0.328 e. The standard InChI is InChI=1S/C30H33ClN2O7S/c1-30(2,17-34)16-33-22-10-8-18(31)14-21(22)27(20-6-5-7-23(38-3)28(20)39-4)40-24(29(33)37)11-12-25-32-19(15-41-25)9-13-26(35)36/h5-10,13-15,24,27,34H,11-12,16-17H2,1-4H3,(H,35,36)/t24-,27-/m1/s1. The van der Waals surface area contributed by atoms with Crippen LogP contribution in [0.25, 0.3) is 6.08 Å². The summed E-state index contributed by atoms with van der Waals surface area (Å²) < 4.78 is 17.9. The van der Waals surface area contributed by atoms with E-state index >= 15 is 0 Å². The Hall–Kier alpha value is -3.44. The van der Waals surface area contributed by atoms with Crippen molar-refractivity contribution in [3.63, 3.8) is 0 Å². The van der Waals surface area contributed by atoms with Crippen molar-refractivity contribution in [1.29, 1.82) is 0 Å². The molecule has 9 nitrogen and oxygen atoms in total. The van der Waals surface area contributed by atoms with Crippen LogP contribution in [0.3, 0.4) is 0 Å². The van der Waals surface area contributed by atoms with E-state index in [0.29, 0.717) is 51.9 Å². The third kappa shape index (κ3) is 7.08. The first-order valence-electron chi connectivity index (χ1n) is 13.0. The van der Waals surface area contributed by atoms with Crippen LogP contribution in [0.5, 0.6) is 11.5 Å². The zero-order valence-corrected chi connectivity index (χ0v) is 24.9. The van der Waals surface area contributed by atoms with Gasteiger partial charge in [-0.25, -0.2) is 9.78 Å². The van der Waals surface area contributed by atoms with Gasteiger partial charge in [-0.3, -0.25) is 4.79 Å². The number of aliphatic hydroxyl groups is 1. The topological polar surface area (TPSA) is 118 Å². The van der Waals surface area contributed by atoms with Crippen molar-refractivity contribution in [3.05, 3.63) is 74.7 Å². The molecule has 11 heteroatoms. The molecule has 0 bridgehead atoms. The fourth-order valence-electron chi connectivity index (χ4n) is 4.69. The first-order chi connectivity index (χ1) is 19.6. The van der Waals surface area contributed by atoms with E-state index in [9.17, 15) is 14.7 Å². The molecular weight excluding hydrogens is 568 g/mol. The second-order valence-corrected chi connectivity index (χ2v) is 11.8. The number of amides is 1. The average Bonchev–Trinajstić information content (AvgIpc) is 3.38. The van der Waals surface area contributed by atoms with Gasteiger partial charge in [0.05, 0.1) is 24.9 Å². The quantitative estimate of drug-likeness (QED) is 0.282. The number of nitrogens with zero attached hydrogens (tertiary/aromatic N) is 2. The Morgan fingerprint density at radius 3 is 2.68 bits per heavy atom. The number of halogens is 1. The molecule has 218 valence electrons. The summed E-state index contributed by atoms with van der Waals surface area (Å²) >= 11 is 7.87. The number of carbonyl (C=O) groups is 2. The van der Waals surface area contributed by atoms with Crippen LogP contribution >= 0.6 is 22.9 Å². The number of rotatable bonds is 11. The number of para-hydroxylation sites is 1. The number of hydrogen-bond acceptors (Lipinski definition) is 8. The highest BCUT2D eigenvalue weighted by atomic mass is 35.5. The van der Waals surface area contributed by atoms with Gasteiger partial charge in [0.15, 0.2) is 11.5 Å². The normalized spacial score (nSPS) is 17.4. The van der Waals surface area contributed by atoms with E-state index in [-0.39, 0.29) is 19.1 Å². The van der Waals surface area contributed by atoms with E-state index in [1.54, 1.807) is 48.8 Å². The molecule has 1 aromatic heterocycles. The molecule has 2 heterocycles. The van der Waals surface area contributed by atoms with Crippen molar-refractivity contribution in [3.8, 4) is 11.5 Å². The predicted molar refractivity (Wildman–Crippen MR) is 158 cm³/mol. The van der Waals surface area contributed by atoms with E-state index in [0.717, 1.165) is 11.1 Å². The van der Waals surface area contributed by atoms with Crippen LogP contribution in [0.1, 0.15) is 48.2 Å². The number of aromatic nitrogens is 1. The second-order valence-electron chi connectivity index (χ2n) is 10.4. The van der Waals surface area contributed by atoms with Crippen LogP contribution in [0, 0.1) is 5.41 Å². The number of aliphatic carboxylic acids is 1. The lowest BCUT2D eigenvalue weighted by Gasteiger charge is -2.32. The lowest BCUT2D eigenvalue weighted by molar-refractivity contribution is -0.133. The van der Waals surface area contributed by atoms with Crippen molar-refractivity contribution in [2.75, 3.05) is 32.3 Å². The molecule has 1 aliphatic rings. The summed E-state index contributed by atoms with van der Waals surface area (Å²) in [6.07, 6.45) is 1.60. The van der Waals surface area contributed by atoms with Gasteiger partial charge in [0.2, 0.25) is 0 Å².